The molecule has 4 N–H and O–H groups in total. The largest absolute Gasteiger partial charge is 2.00 e. The van der Waals surface area contributed by atoms with Gasteiger partial charge in [-0.1, -0.05) is 0 Å². The fourth-order valence-corrected chi connectivity index (χ4v) is 0. The summed E-state index contributed by atoms with van der Waals surface area (Å²) >= 11 is 0. The summed E-state index contributed by atoms with van der Waals surface area (Å²) in [4.78, 5) is 18.0. The van der Waals surface area contributed by atoms with Crippen LogP contribution in [0.15, 0.2) is 0 Å². The van der Waals surface area contributed by atoms with E-state index < -0.39 is 11.9 Å². The summed E-state index contributed by atoms with van der Waals surface area (Å²) in [6.45, 7) is 2.17. The normalized spacial score (nSPS) is 5.00. The first-order chi connectivity index (χ1) is 3.46. The molecule has 0 unspecified atom stereocenters. The van der Waals surface area contributed by atoms with Crippen molar-refractivity contribution in [3.8, 4) is 0 Å². The van der Waals surface area contributed by atoms with E-state index >= 15 is 0 Å². The van der Waals surface area contributed by atoms with E-state index in [1.807, 2.05) is 0 Å². The minimum absolute atomic E-state index is 0. The summed E-state index contributed by atoms with van der Waals surface area (Å²) in [6, 6.07) is 0. The Labute approximate surface area is 78.5 Å². The van der Waals surface area contributed by atoms with Gasteiger partial charge >= 0.3 is 27.3 Å². The van der Waals surface area contributed by atoms with Gasteiger partial charge in [-0.05, 0) is 0 Å². The van der Waals surface area contributed by atoms with Crippen LogP contribution in [0.3, 0.4) is 0 Å². The molecule has 0 atom stereocenters. The van der Waals surface area contributed by atoms with E-state index in [0.717, 1.165) is 13.8 Å². The average Bonchev–Trinajstić information content (AvgIpc) is 1.25. The van der Waals surface area contributed by atoms with E-state index in [-0.39, 0.29) is 32.8 Å². The molecule has 0 rings (SSSR count). The van der Waals surface area contributed by atoms with Gasteiger partial charge in [0.2, 0.25) is 0 Å². The predicted molar refractivity (Wildman–Crippen MR) is 30.2 cm³/mol. The van der Waals surface area contributed by atoms with Gasteiger partial charge in [-0.15, -0.1) is 0 Å². The van der Waals surface area contributed by atoms with Gasteiger partial charge in [-0.2, -0.15) is 0 Å². The Morgan fingerprint density at radius 1 is 1.00 bits per heavy atom. The van der Waals surface area contributed by atoms with Crippen molar-refractivity contribution in [3.63, 3.8) is 0 Å². The van der Waals surface area contributed by atoms with Crippen LogP contribution in [0.25, 0.3) is 0 Å². The van der Waals surface area contributed by atoms with Crippen LogP contribution >= 0.6 is 0 Å². The van der Waals surface area contributed by atoms with Crippen molar-refractivity contribution in [1.29, 1.82) is 0 Å². The topological polar surface area (TPSA) is 106 Å². The fraction of sp³-hybridized carbons (Fsp3) is 0.500. The predicted octanol–water partition coefficient (Wildman–Crippen LogP) is -0.645. The Morgan fingerprint density at radius 3 is 1.00 bits per heavy atom. The third-order valence-corrected chi connectivity index (χ3v) is 0. The van der Waals surface area contributed by atoms with E-state index in [9.17, 15) is 0 Å². The number of carbonyl (C=O) groups is 2. The van der Waals surface area contributed by atoms with Crippen LogP contribution in [0.4, 0.5) is 0 Å². The molecule has 0 saturated carbocycles. The third kappa shape index (κ3) is 11500. The van der Waals surface area contributed by atoms with Crippen molar-refractivity contribution in [2.24, 2.45) is 0 Å². The smallest absolute Gasteiger partial charge is 0.481 e. The van der Waals surface area contributed by atoms with Crippen molar-refractivity contribution in [2.45, 2.75) is 13.8 Å². The molecule has 0 aliphatic carbocycles. The number of rotatable bonds is 0. The number of carboxylic acid groups (broad SMARTS) is 2. The summed E-state index contributed by atoms with van der Waals surface area (Å²) in [7, 11) is 0. The first-order valence-corrected chi connectivity index (χ1v) is 1.86. The van der Waals surface area contributed by atoms with Gasteiger partial charge in [0.05, 0.1) is 0 Å². The standard InChI is InChI=1S/2C2H4O2.Cd.H2O/c2*1-2(3)4;;/h2*1H3,(H,3,4);;1H2/q;;+2;. The molecule has 0 aromatic heterocycles. The van der Waals surface area contributed by atoms with Crippen molar-refractivity contribution >= 4 is 11.9 Å². The van der Waals surface area contributed by atoms with Crippen LogP contribution in [0.1, 0.15) is 13.8 Å². The Balaban J connectivity index is -0.0000000300. The number of aliphatic carboxylic acids is 2. The Morgan fingerprint density at radius 2 is 1.00 bits per heavy atom. The van der Waals surface area contributed by atoms with Gasteiger partial charge in [0.1, 0.15) is 0 Å². The van der Waals surface area contributed by atoms with Crippen LogP contribution < -0.4 is 0 Å². The molecule has 0 saturated heterocycles. The summed E-state index contributed by atoms with van der Waals surface area (Å²) < 4.78 is 0. The summed E-state index contributed by atoms with van der Waals surface area (Å²) in [5.41, 5.74) is 0. The van der Waals surface area contributed by atoms with Crippen molar-refractivity contribution in [2.75, 3.05) is 0 Å². The van der Waals surface area contributed by atoms with Crippen LogP contribution in [0.2, 0.25) is 0 Å². The summed E-state index contributed by atoms with van der Waals surface area (Å²) in [5.74, 6) is -1.67. The maximum atomic E-state index is 9.00. The molecule has 0 aromatic rings. The van der Waals surface area contributed by atoms with E-state index in [1.165, 1.54) is 0 Å². The first kappa shape index (κ1) is 22.6. The number of carboxylic acids is 2. The molecule has 0 aliphatic heterocycles. The molecule has 0 radical (unpaired) electrons. The summed E-state index contributed by atoms with van der Waals surface area (Å²) in [6.07, 6.45) is 0. The van der Waals surface area contributed by atoms with Gasteiger partial charge in [0.25, 0.3) is 11.9 Å². The van der Waals surface area contributed by atoms with Gasteiger partial charge in [0, 0.05) is 13.8 Å². The van der Waals surface area contributed by atoms with E-state index in [0.29, 0.717) is 0 Å². The van der Waals surface area contributed by atoms with E-state index in [4.69, 9.17) is 19.8 Å². The zero-order valence-electron chi connectivity index (χ0n) is 5.92. The van der Waals surface area contributed by atoms with Crippen LogP contribution in [-0.4, -0.2) is 27.6 Å². The maximum Gasteiger partial charge on any atom is 2.00 e. The molecule has 0 spiro atoms. The second-order valence-electron chi connectivity index (χ2n) is 1.04. The van der Waals surface area contributed by atoms with E-state index in [1.54, 1.807) is 0 Å². The SMILES string of the molecule is CC(=O)O.CC(=O)O.O.[Cd+2]. The quantitative estimate of drug-likeness (QED) is 0.557. The molecular formula is C4H10CdO5+2. The molecule has 6 heteroatoms. The molecule has 0 heterocycles. The molecule has 0 amide bonds. The Kier molecular flexibility index (Phi) is 35.9. The van der Waals surface area contributed by atoms with Gasteiger partial charge < -0.3 is 15.7 Å². The second kappa shape index (κ2) is 15.9. The Bertz CT molecular complexity index is 71.6. The average molecular weight is 251 g/mol. The van der Waals surface area contributed by atoms with Crippen molar-refractivity contribution in [3.05, 3.63) is 0 Å². The molecule has 10 heavy (non-hydrogen) atoms. The minimum atomic E-state index is -0.833. The van der Waals surface area contributed by atoms with Crippen molar-refractivity contribution < 1.29 is 52.6 Å². The summed E-state index contributed by atoms with van der Waals surface area (Å²) in [5, 5.41) is 14.8. The molecule has 0 aliphatic rings. The Hall–Kier alpha value is -0.178. The first-order valence-electron chi connectivity index (χ1n) is 1.86. The molecule has 0 bridgehead atoms. The molecule has 5 nitrogen and oxygen atoms in total. The van der Waals surface area contributed by atoms with Gasteiger partial charge in [-0.3, -0.25) is 9.59 Å². The third-order valence-electron chi connectivity index (χ3n) is 0. The van der Waals surface area contributed by atoms with Gasteiger partial charge in [-0.25, -0.2) is 0 Å². The maximum absolute atomic E-state index is 9.00. The number of hydrogen-bond acceptors (Lipinski definition) is 2. The van der Waals surface area contributed by atoms with Crippen LogP contribution in [0, 0.1) is 0 Å². The molecule has 0 aromatic carbocycles. The second-order valence-corrected chi connectivity index (χ2v) is 1.04. The minimum Gasteiger partial charge on any atom is -0.481 e. The molecular weight excluding hydrogens is 240 g/mol. The zero-order chi connectivity index (χ0) is 7.15. The van der Waals surface area contributed by atoms with E-state index in [2.05, 4.69) is 0 Å². The van der Waals surface area contributed by atoms with Crippen LogP contribution in [0.5, 0.6) is 0 Å². The number of hydrogen-bond donors (Lipinski definition) is 2. The molecule has 56 valence electrons. The van der Waals surface area contributed by atoms with Crippen molar-refractivity contribution in [1.82, 2.24) is 0 Å². The zero-order valence-corrected chi connectivity index (χ0v) is 9.95. The fourth-order valence-electron chi connectivity index (χ4n) is 0. The van der Waals surface area contributed by atoms with Crippen LogP contribution in [-0.2, 0) is 36.9 Å². The van der Waals surface area contributed by atoms with Gasteiger partial charge in [0.15, 0.2) is 0 Å². The molecule has 0 fully saturated rings. The monoisotopic (exact) mass is 252 g/mol.